The molecule has 0 radical (unpaired) electrons. The third kappa shape index (κ3) is 27.3. The summed E-state index contributed by atoms with van der Waals surface area (Å²) < 4.78 is 14.7. The second kappa shape index (κ2) is 33.0. The number of carbonyl (C=O) groups excluding carboxylic acids is 1. The number of unbranched alkanes of at least 4 members (excludes halogenated alkanes) is 20. The molecule has 1 rings (SSSR count). The second-order valence-electron chi connectivity index (χ2n) is 13.9. The van der Waals surface area contributed by atoms with Crippen molar-refractivity contribution in [2.75, 3.05) is 32.7 Å². The summed E-state index contributed by atoms with van der Waals surface area (Å²) in [5, 5.41) is 0.428. The maximum absolute atomic E-state index is 12.3. The lowest BCUT2D eigenvalue weighted by atomic mass is 10.0. The molecule has 2 unspecified atom stereocenters. The quantitative estimate of drug-likeness (QED) is 0.0422. The summed E-state index contributed by atoms with van der Waals surface area (Å²) in [5.41, 5.74) is 0. The topological polar surface area (TPSA) is 38.8 Å². The van der Waals surface area contributed by atoms with Gasteiger partial charge in [0.25, 0.3) is 0 Å². The van der Waals surface area contributed by atoms with Crippen molar-refractivity contribution in [2.24, 2.45) is 0 Å². The third-order valence-corrected chi connectivity index (χ3v) is 14.4. The Bertz CT molecular complexity index is 611. The smallest absolute Gasteiger partial charge is 0.188 e. The van der Waals surface area contributed by atoms with E-state index in [0.717, 1.165) is 38.2 Å². The fourth-order valence-electron chi connectivity index (χ4n) is 6.59. The van der Waals surface area contributed by atoms with Gasteiger partial charge in [0.05, 0.1) is 6.10 Å². The van der Waals surface area contributed by atoms with Gasteiger partial charge in [0.15, 0.2) is 5.12 Å². The normalized spacial score (nSPS) is 18.0. The molecule has 1 fully saturated rings. The van der Waals surface area contributed by atoms with Crippen LogP contribution in [0.5, 0.6) is 0 Å². The van der Waals surface area contributed by atoms with Crippen LogP contribution in [0.4, 0.5) is 0 Å². The van der Waals surface area contributed by atoms with Crippen LogP contribution in [0.1, 0.15) is 187 Å². The lowest BCUT2D eigenvalue weighted by Crippen LogP contribution is -2.40. The van der Waals surface area contributed by atoms with Gasteiger partial charge in [0.1, 0.15) is 15.8 Å². The molecule has 44 heavy (non-hydrogen) atoms. The van der Waals surface area contributed by atoms with E-state index in [9.17, 15) is 4.79 Å². The minimum atomic E-state index is -0.876. The number of hydrogen-bond acceptors (Lipinski definition) is 5. The predicted molar refractivity (Wildman–Crippen MR) is 199 cm³/mol. The first-order chi connectivity index (χ1) is 21.7. The molecule has 0 saturated carbocycles. The predicted octanol–water partition coefficient (Wildman–Crippen LogP) is 11.8. The number of nitrogens with zero attached hydrogens (tertiary/aromatic N) is 1. The first-order valence-electron chi connectivity index (χ1n) is 19.7. The molecule has 2 atom stereocenters. The Kier molecular flexibility index (Phi) is 31.6. The Morgan fingerprint density at radius 2 is 1.23 bits per heavy atom. The van der Waals surface area contributed by atoms with Crippen LogP contribution < -0.4 is 0 Å². The molecule has 1 saturated heterocycles. The molecule has 0 bridgehead atoms. The Balaban J connectivity index is 1.91. The zero-order valence-corrected chi connectivity index (χ0v) is 32.0. The highest BCUT2D eigenvalue weighted by Crippen LogP contribution is 2.22. The van der Waals surface area contributed by atoms with Gasteiger partial charge >= 0.3 is 0 Å². The van der Waals surface area contributed by atoms with Gasteiger partial charge in [-0.3, -0.25) is 4.79 Å². The van der Waals surface area contributed by atoms with E-state index in [-0.39, 0.29) is 0 Å². The largest absolute Gasteiger partial charge is 0.355 e. The van der Waals surface area contributed by atoms with E-state index in [1.807, 2.05) is 0 Å². The van der Waals surface area contributed by atoms with Gasteiger partial charge < -0.3 is 14.0 Å². The standard InChI is InChI=1S/C38H77NO3SSi/c1-4-6-8-10-12-14-15-16-17-19-21-23-25-32-41-36-42-37-28-26-34-44(39(3)31-30-37)35-27-33-43-38(40)29-24-22-20-18-13-11-9-7-5-2/h37,44H,4-36H2,1-3H3. The van der Waals surface area contributed by atoms with Crippen LogP contribution in [0.15, 0.2) is 0 Å². The van der Waals surface area contributed by atoms with E-state index in [1.165, 1.54) is 166 Å². The van der Waals surface area contributed by atoms with Crippen molar-refractivity contribution >= 4 is 25.8 Å². The van der Waals surface area contributed by atoms with Gasteiger partial charge in [-0.05, 0) is 57.8 Å². The van der Waals surface area contributed by atoms with Crippen molar-refractivity contribution in [1.82, 2.24) is 4.57 Å². The molecule has 262 valence electrons. The Labute approximate surface area is 282 Å². The Hall–Kier alpha value is 0.117. The molecule has 1 aliphatic heterocycles. The molecule has 1 heterocycles. The molecule has 0 amide bonds. The molecule has 0 aliphatic carbocycles. The van der Waals surface area contributed by atoms with Crippen LogP contribution in [0.2, 0.25) is 12.1 Å². The minimum Gasteiger partial charge on any atom is -0.355 e. The van der Waals surface area contributed by atoms with E-state index in [1.54, 1.807) is 11.8 Å². The highest BCUT2D eigenvalue weighted by molar-refractivity contribution is 8.13. The summed E-state index contributed by atoms with van der Waals surface area (Å²) in [6.45, 7) is 7.04. The van der Waals surface area contributed by atoms with Gasteiger partial charge in [-0.15, -0.1) is 0 Å². The maximum atomic E-state index is 12.3. The maximum Gasteiger partial charge on any atom is 0.188 e. The third-order valence-electron chi connectivity index (χ3n) is 9.70. The van der Waals surface area contributed by atoms with Gasteiger partial charge in [0, 0.05) is 18.8 Å². The van der Waals surface area contributed by atoms with E-state index in [0.29, 0.717) is 18.0 Å². The summed E-state index contributed by atoms with van der Waals surface area (Å²) >= 11 is 1.61. The Morgan fingerprint density at radius 3 is 1.80 bits per heavy atom. The lowest BCUT2D eigenvalue weighted by Gasteiger charge is -2.32. The number of thioether (sulfide) groups is 1. The Morgan fingerprint density at radius 1 is 0.705 bits per heavy atom. The van der Waals surface area contributed by atoms with Crippen molar-refractivity contribution in [3.05, 3.63) is 0 Å². The molecule has 0 spiro atoms. The molecule has 0 N–H and O–H groups in total. The van der Waals surface area contributed by atoms with Crippen LogP contribution in [0.25, 0.3) is 0 Å². The highest BCUT2D eigenvalue weighted by atomic mass is 32.2. The van der Waals surface area contributed by atoms with E-state index >= 15 is 0 Å². The van der Waals surface area contributed by atoms with Crippen LogP contribution in [0.3, 0.4) is 0 Å². The van der Waals surface area contributed by atoms with Crippen molar-refractivity contribution in [3.8, 4) is 0 Å². The average Bonchev–Trinajstić information content (AvgIpc) is 3.02. The zero-order valence-electron chi connectivity index (χ0n) is 30.1. The average molecular weight is 656 g/mol. The van der Waals surface area contributed by atoms with Gasteiger partial charge in [-0.25, -0.2) is 0 Å². The number of ether oxygens (including phenoxy) is 2. The van der Waals surface area contributed by atoms with Crippen molar-refractivity contribution in [3.63, 3.8) is 0 Å². The van der Waals surface area contributed by atoms with Crippen LogP contribution in [-0.4, -0.2) is 57.5 Å². The number of rotatable bonds is 31. The SMILES string of the molecule is CCCCCCCCCCCCCCCOCOC1CCC[SiH](CCCSC(=O)CCCCCCCCCCC)N(C)CC1. The molecule has 6 heteroatoms. The fourth-order valence-corrected chi connectivity index (χ4v) is 10.8. The minimum absolute atomic E-state index is 0.355. The van der Waals surface area contributed by atoms with Crippen molar-refractivity contribution in [2.45, 2.75) is 205 Å². The first kappa shape index (κ1) is 42.1. The number of carbonyl (C=O) groups is 1. The van der Waals surface area contributed by atoms with Crippen LogP contribution >= 0.6 is 11.8 Å². The van der Waals surface area contributed by atoms with Crippen molar-refractivity contribution in [1.29, 1.82) is 0 Å². The first-order valence-corrected chi connectivity index (χ1v) is 22.9. The molecule has 4 nitrogen and oxygen atoms in total. The van der Waals surface area contributed by atoms with Crippen LogP contribution in [-0.2, 0) is 14.3 Å². The molecule has 0 aromatic carbocycles. The van der Waals surface area contributed by atoms with Gasteiger partial charge in [-0.1, -0.05) is 160 Å². The summed E-state index contributed by atoms with van der Waals surface area (Å²) in [7, 11) is 1.46. The molecule has 0 aromatic heterocycles. The van der Waals surface area contributed by atoms with E-state index < -0.39 is 8.96 Å². The van der Waals surface area contributed by atoms with Gasteiger partial charge in [0.2, 0.25) is 0 Å². The summed E-state index contributed by atoms with van der Waals surface area (Å²) in [5.74, 6) is 1.02. The lowest BCUT2D eigenvalue weighted by molar-refractivity contribution is -0.111. The number of hydrogen-bond donors (Lipinski definition) is 0. The summed E-state index contributed by atoms with van der Waals surface area (Å²) in [6.07, 6.45) is 35.9. The summed E-state index contributed by atoms with van der Waals surface area (Å²) in [4.78, 5) is 12.3. The second-order valence-corrected chi connectivity index (χ2v) is 18.3. The zero-order chi connectivity index (χ0) is 31.8. The molecular weight excluding hydrogens is 579 g/mol. The fraction of sp³-hybridized carbons (Fsp3) is 0.974. The van der Waals surface area contributed by atoms with Crippen molar-refractivity contribution < 1.29 is 14.3 Å². The molecule has 0 aromatic rings. The van der Waals surface area contributed by atoms with E-state index in [2.05, 4.69) is 25.5 Å². The van der Waals surface area contributed by atoms with Gasteiger partial charge in [-0.2, -0.15) is 0 Å². The highest BCUT2D eigenvalue weighted by Gasteiger charge is 2.22. The monoisotopic (exact) mass is 656 g/mol. The van der Waals surface area contributed by atoms with Crippen LogP contribution in [0, 0.1) is 0 Å². The molecule has 1 aliphatic rings. The molecular formula is C38H77NO3SSi. The summed E-state index contributed by atoms with van der Waals surface area (Å²) in [6, 6.07) is 2.73. The van der Waals surface area contributed by atoms with E-state index in [4.69, 9.17) is 9.47 Å².